The molecule has 2 aliphatic rings. The molecule has 0 bridgehead atoms. The third kappa shape index (κ3) is 1.56. The van der Waals surface area contributed by atoms with Gasteiger partial charge in [-0.2, -0.15) is 0 Å². The van der Waals surface area contributed by atoms with E-state index in [9.17, 15) is 18.3 Å². The van der Waals surface area contributed by atoms with Gasteiger partial charge in [-0.25, -0.2) is 12.7 Å². The first kappa shape index (κ1) is 10.9. The highest BCUT2D eigenvalue weighted by Gasteiger charge is 2.56. The number of rotatable bonds is 2. The van der Waals surface area contributed by atoms with Crippen LogP contribution in [0.25, 0.3) is 0 Å². The summed E-state index contributed by atoms with van der Waals surface area (Å²) in [4.78, 5) is 11.3. The fraction of sp³-hybridized carbons (Fsp3) is 0.889. The first-order valence-electron chi connectivity index (χ1n) is 5.05. The molecular weight excluding hydrogens is 218 g/mol. The molecular formula is C9H15NO4S. The minimum atomic E-state index is -3.25. The summed E-state index contributed by atoms with van der Waals surface area (Å²) >= 11 is 0. The van der Waals surface area contributed by atoms with E-state index in [-0.39, 0.29) is 12.5 Å². The average Bonchev–Trinajstić information content (AvgIpc) is 2.55. The van der Waals surface area contributed by atoms with Crippen molar-refractivity contribution in [3.8, 4) is 0 Å². The maximum Gasteiger partial charge on any atom is 0.311 e. The predicted molar refractivity (Wildman–Crippen MR) is 53.8 cm³/mol. The molecule has 0 aromatic carbocycles. The van der Waals surface area contributed by atoms with Gasteiger partial charge in [0.05, 0.1) is 11.7 Å². The fourth-order valence-electron chi connectivity index (χ4n) is 2.85. The summed E-state index contributed by atoms with van der Waals surface area (Å²) in [5.41, 5.74) is -0.803. The summed E-state index contributed by atoms with van der Waals surface area (Å²) in [6, 6.07) is 0. The third-order valence-electron chi connectivity index (χ3n) is 3.73. The highest BCUT2D eigenvalue weighted by molar-refractivity contribution is 7.88. The molecule has 1 saturated carbocycles. The van der Waals surface area contributed by atoms with Gasteiger partial charge >= 0.3 is 5.97 Å². The highest BCUT2D eigenvalue weighted by atomic mass is 32.2. The molecule has 2 fully saturated rings. The molecule has 0 radical (unpaired) electrons. The quantitative estimate of drug-likeness (QED) is 0.735. The Hall–Kier alpha value is -0.620. The summed E-state index contributed by atoms with van der Waals surface area (Å²) in [5, 5.41) is 9.24. The molecule has 0 aromatic heterocycles. The van der Waals surface area contributed by atoms with Crippen LogP contribution in [0.2, 0.25) is 0 Å². The first-order valence-corrected chi connectivity index (χ1v) is 6.89. The number of nitrogens with zero attached hydrogens (tertiary/aromatic N) is 1. The highest BCUT2D eigenvalue weighted by Crippen LogP contribution is 2.49. The van der Waals surface area contributed by atoms with E-state index in [1.165, 1.54) is 4.31 Å². The Bertz CT molecular complexity index is 391. The van der Waals surface area contributed by atoms with Crippen LogP contribution in [0.15, 0.2) is 0 Å². The fourth-order valence-corrected chi connectivity index (χ4v) is 3.76. The number of hydrogen-bond acceptors (Lipinski definition) is 3. The normalized spacial score (nSPS) is 36.7. The van der Waals surface area contributed by atoms with Crippen LogP contribution in [0.5, 0.6) is 0 Å². The van der Waals surface area contributed by atoms with E-state index in [1.54, 1.807) is 0 Å². The SMILES string of the molecule is CS(=O)(=O)N1C[C@@H]2CCC[C@@]2(C(=O)O)C1. The first-order chi connectivity index (χ1) is 6.86. The lowest BCUT2D eigenvalue weighted by Gasteiger charge is -2.22. The zero-order valence-corrected chi connectivity index (χ0v) is 9.46. The van der Waals surface area contributed by atoms with Crippen LogP contribution in [0.4, 0.5) is 0 Å². The van der Waals surface area contributed by atoms with Crippen LogP contribution >= 0.6 is 0 Å². The van der Waals surface area contributed by atoms with Crippen molar-refractivity contribution in [3.05, 3.63) is 0 Å². The molecule has 0 spiro atoms. The molecule has 86 valence electrons. The molecule has 1 aliphatic carbocycles. The molecule has 1 saturated heterocycles. The van der Waals surface area contributed by atoms with Gasteiger partial charge in [-0.05, 0) is 18.8 Å². The van der Waals surface area contributed by atoms with Gasteiger partial charge in [0.2, 0.25) is 10.0 Å². The molecule has 1 heterocycles. The lowest BCUT2D eigenvalue weighted by molar-refractivity contribution is -0.149. The minimum Gasteiger partial charge on any atom is -0.481 e. The Morgan fingerprint density at radius 3 is 2.67 bits per heavy atom. The van der Waals surface area contributed by atoms with Gasteiger partial charge in [0.15, 0.2) is 0 Å². The second-order valence-corrected chi connectivity index (χ2v) is 6.59. The Balaban J connectivity index is 2.29. The summed E-state index contributed by atoms with van der Waals surface area (Å²) < 4.78 is 24.0. The number of aliphatic carboxylic acids is 1. The van der Waals surface area contributed by atoms with Crippen LogP contribution < -0.4 is 0 Å². The molecule has 2 atom stereocenters. The standard InChI is InChI=1S/C9H15NO4S/c1-15(13,14)10-5-7-3-2-4-9(7,6-10)8(11)12/h7H,2-6H2,1H3,(H,11,12)/t7-,9+/m0/s1. The van der Waals surface area contributed by atoms with Crippen molar-refractivity contribution in [2.75, 3.05) is 19.3 Å². The number of hydrogen-bond donors (Lipinski definition) is 1. The monoisotopic (exact) mass is 233 g/mol. The summed E-state index contributed by atoms with van der Waals surface area (Å²) in [5.74, 6) is -0.833. The molecule has 2 rings (SSSR count). The molecule has 1 N–H and O–H groups in total. The molecule has 0 unspecified atom stereocenters. The average molecular weight is 233 g/mol. The Labute approximate surface area is 89.1 Å². The van der Waals surface area contributed by atoms with Crippen molar-refractivity contribution >= 4 is 16.0 Å². The van der Waals surface area contributed by atoms with E-state index >= 15 is 0 Å². The molecule has 0 aromatic rings. The van der Waals surface area contributed by atoms with Crippen molar-refractivity contribution in [3.63, 3.8) is 0 Å². The van der Waals surface area contributed by atoms with Gasteiger partial charge in [0.1, 0.15) is 0 Å². The second kappa shape index (κ2) is 3.18. The summed E-state index contributed by atoms with van der Waals surface area (Å²) in [7, 11) is -3.25. The van der Waals surface area contributed by atoms with Crippen LogP contribution in [-0.4, -0.2) is 43.1 Å². The number of carboxylic acid groups (broad SMARTS) is 1. The summed E-state index contributed by atoms with van der Waals surface area (Å²) in [6.45, 7) is 0.539. The van der Waals surface area contributed by atoms with Crippen LogP contribution in [0.1, 0.15) is 19.3 Å². The minimum absolute atomic E-state index is 0.00437. The van der Waals surface area contributed by atoms with Crippen molar-refractivity contribution in [2.24, 2.45) is 11.3 Å². The topological polar surface area (TPSA) is 74.7 Å². The molecule has 6 heteroatoms. The predicted octanol–water partition coefficient (Wildman–Crippen LogP) is 0.133. The van der Waals surface area contributed by atoms with Gasteiger partial charge in [0, 0.05) is 13.1 Å². The van der Waals surface area contributed by atoms with Gasteiger partial charge in [-0.1, -0.05) is 6.42 Å². The Morgan fingerprint density at radius 1 is 1.53 bits per heavy atom. The molecule has 5 nitrogen and oxygen atoms in total. The molecule has 15 heavy (non-hydrogen) atoms. The van der Waals surface area contributed by atoms with Gasteiger partial charge in [-0.15, -0.1) is 0 Å². The number of carbonyl (C=O) groups is 1. The van der Waals surface area contributed by atoms with Gasteiger partial charge in [0.25, 0.3) is 0 Å². The van der Waals surface area contributed by atoms with Crippen LogP contribution in [0.3, 0.4) is 0 Å². The largest absolute Gasteiger partial charge is 0.481 e. The van der Waals surface area contributed by atoms with E-state index in [4.69, 9.17) is 0 Å². The molecule has 1 aliphatic heterocycles. The maximum absolute atomic E-state index is 11.4. The maximum atomic E-state index is 11.4. The van der Waals surface area contributed by atoms with Crippen LogP contribution in [-0.2, 0) is 14.8 Å². The zero-order valence-electron chi connectivity index (χ0n) is 8.64. The van der Waals surface area contributed by atoms with Crippen molar-refractivity contribution in [1.82, 2.24) is 4.31 Å². The van der Waals surface area contributed by atoms with Crippen molar-refractivity contribution in [2.45, 2.75) is 19.3 Å². The lowest BCUT2D eigenvalue weighted by atomic mass is 9.81. The second-order valence-electron chi connectivity index (χ2n) is 4.61. The number of fused-ring (bicyclic) bond motifs is 1. The van der Waals surface area contributed by atoms with E-state index in [0.717, 1.165) is 19.1 Å². The van der Waals surface area contributed by atoms with Gasteiger partial charge in [-0.3, -0.25) is 4.79 Å². The van der Waals surface area contributed by atoms with E-state index in [2.05, 4.69) is 0 Å². The summed E-state index contributed by atoms with van der Waals surface area (Å²) in [6.07, 6.45) is 3.48. The molecule has 0 amide bonds. The van der Waals surface area contributed by atoms with Crippen LogP contribution in [0, 0.1) is 11.3 Å². The van der Waals surface area contributed by atoms with Crippen molar-refractivity contribution < 1.29 is 18.3 Å². The van der Waals surface area contributed by atoms with E-state index in [0.29, 0.717) is 13.0 Å². The van der Waals surface area contributed by atoms with Crippen molar-refractivity contribution in [1.29, 1.82) is 0 Å². The van der Waals surface area contributed by atoms with E-state index < -0.39 is 21.4 Å². The van der Waals surface area contributed by atoms with E-state index in [1.807, 2.05) is 0 Å². The number of carboxylic acids is 1. The Kier molecular flexibility index (Phi) is 2.31. The van der Waals surface area contributed by atoms with Gasteiger partial charge < -0.3 is 5.11 Å². The number of sulfonamides is 1. The smallest absolute Gasteiger partial charge is 0.311 e. The Morgan fingerprint density at radius 2 is 2.20 bits per heavy atom. The lowest BCUT2D eigenvalue weighted by Crippen LogP contribution is -2.36. The zero-order chi connectivity index (χ0) is 11.3. The third-order valence-corrected chi connectivity index (χ3v) is 4.95.